The maximum absolute atomic E-state index is 9.82. The molecule has 84 valence electrons. The Morgan fingerprint density at radius 3 is 2.33 bits per heavy atom. The second-order valence-electron chi connectivity index (χ2n) is 3.64. The molecule has 0 aliphatic carbocycles. The van der Waals surface area contributed by atoms with Gasteiger partial charge in [0.2, 0.25) is 0 Å². The highest BCUT2D eigenvalue weighted by Crippen LogP contribution is 2.36. The van der Waals surface area contributed by atoms with Gasteiger partial charge in [-0.05, 0) is 65.4 Å². The molecule has 0 bridgehead atoms. The number of hydrogen-bond acceptors (Lipinski definition) is 3. The highest BCUT2D eigenvalue weighted by Gasteiger charge is 2.14. The largest absolute Gasteiger partial charge is 0.506 e. The molecule has 15 heavy (non-hydrogen) atoms. The summed E-state index contributed by atoms with van der Waals surface area (Å²) < 4.78 is 0.762. The molecule has 0 aliphatic heterocycles. The summed E-state index contributed by atoms with van der Waals surface area (Å²) in [5.41, 5.74) is 4.24. The first-order chi connectivity index (χ1) is 7.00. The molecule has 0 saturated carbocycles. The molecule has 0 unspecified atom stereocenters. The van der Waals surface area contributed by atoms with E-state index in [1.165, 1.54) is 5.56 Å². The monoisotopic (exact) mass is 273 g/mol. The highest BCUT2D eigenvalue weighted by molar-refractivity contribution is 9.10. The smallest absolute Gasteiger partial charge is 0.133 e. The van der Waals surface area contributed by atoms with Crippen molar-refractivity contribution in [2.24, 2.45) is 5.90 Å². The van der Waals surface area contributed by atoms with E-state index in [9.17, 15) is 5.11 Å². The number of halogens is 1. The third-order valence-electron chi connectivity index (χ3n) is 2.83. The Balaban J connectivity index is 3.26. The van der Waals surface area contributed by atoms with Crippen LogP contribution in [-0.2, 0) is 11.3 Å². The first kappa shape index (κ1) is 12.5. The first-order valence-electron chi connectivity index (χ1n) is 4.79. The molecule has 4 heteroatoms. The van der Waals surface area contributed by atoms with Crippen LogP contribution < -0.4 is 5.90 Å². The molecule has 1 aromatic rings. The molecule has 0 spiro atoms. The Bertz CT molecular complexity index is 348. The van der Waals surface area contributed by atoms with Gasteiger partial charge < -0.3 is 9.94 Å². The van der Waals surface area contributed by atoms with E-state index in [-0.39, 0.29) is 0 Å². The Morgan fingerprint density at radius 1 is 1.20 bits per heavy atom. The molecule has 3 N–H and O–H groups in total. The van der Waals surface area contributed by atoms with Crippen molar-refractivity contribution >= 4 is 15.9 Å². The van der Waals surface area contributed by atoms with Crippen molar-refractivity contribution in [1.82, 2.24) is 0 Å². The number of hydrogen-bond donors (Lipinski definition) is 2. The lowest BCUT2D eigenvalue weighted by Crippen LogP contribution is -2.07. The van der Waals surface area contributed by atoms with Gasteiger partial charge in [-0.2, -0.15) is 0 Å². The summed E-state index contributed by atoms with van der Waals surface area (Å²) in [5.74, 6) is 5.34. The van der Waals surface area contributed by atoms with Crippen molar-refractivity contribution in [3.8, 4) is 5.75 Å². The summed E-state index contributed by atoms with van der Waals surface area (Å²) in [4.78, 5) is 4.59. The Hall–Kier alpha value is -0.580. The molecule has 0 saturated heterocycles. The summed E-state index contributed by atoms with van der Waals surface area (Å²) in [6.07, 6.45) is 0.758. The second kappa shape index (κ2) is 4.96. The lowest BCUT2D eigenvalue weighted by molar-refractivity contribution is 0.141. The minimum Gasteiger partial charge on any atom is -0.506 e. The predicted molar refractivity (Wildman–Crippen MR) is 63.9 cm³/mol. The van der Waals surface area contributed by atoms with Crippen molar-refractivity contribution in [1.29, 1.82) is 0 Å². The molecule has 1 aromatic carbocycles. The van der Waals surface area contributed by atoms with E-state index in [0.29, 0.717) is 12.4 Å². The summed E-state index contributed by atoms with van der Waals surface area (Å²) in [6, 6.07) is 0. The lowest BCUT2D eigenvalue weighted by atomic mass is 9.95. The van der Waals surface area contributed by atoms with Crippen molar-refractivity contribution in [3.05, 3.63) is 26.7 Å². The van der Waals surface area contributed by atoms with Crippen molar-refractivity contribution in [3.63, 3.8) is 0 Å². The lowest BCUT2D eigenvalue weighted by Gasteiger charge is -2.16. The zero-order chi connectivity index (χ0) is 11.6. The molecule has 0 heterocycles. The van der Waals surface area contributed by atoms with E-state index < -0.39 is 0 Å². The fourth-order valence-electron chi connectivity index (χ4n) is 1.70. The van der Waals surface area contributed by atoms with Gasteiger partial charge in [0, 0.05) is 0 Å². The van der Waals surface area contributed by atoms with Gasteiger partial charge in [-0.25, -0.2) is 5.90 Å². The maximum Gasteiger partial charge on any atom is 0.133 e. The van der Waals surface area contributed by atoms with Crippen LogP contribution in [0.1, 0.15) is 22.3 Å². The molecule has 0 aromatic heterocycles. The van der Waals surface area contributed by atoms with Crippen LogP contribution >= 0.6 is 15.9 Å². The van der Waals surface area contributed by atoms with E-state index >= 15 is 0 Å². The van der Waals surface area contributed by atoms with Gasteiger partial charge in [-0.1, -0.05) is 0 Å². The first-order valence-corrected chi connectivity index (χ1v) is 5.58. The molecular formula is C11H16BrNO2. The molecule has 0 radical (unpaired) electrons. The Labute approximate surface area is 98.3 Å². The van der Waals surface area contributed by atoms with E-state index in [2.05, 4.69) is 20.8 Å². The molecule has 1 rings (SSSR count). The van der Waals surface area contributed by atoms with Gasteiger partial charge in [0.25, 0.3) is 0 Å². The summed E-state index contributed by atoms with van der Waals surface area (Å²) in [5, 5.41) is 9.82. The van der Waals surface area contributed by atoms with Crippen molar-refractivity contribution in [2.75, 3.05) is 6.61 Å². The zero-order valence-electron chi connectivity index (χ0n) is 9.22. The van der Waals surface area contributed by atoms with Crippen LogP contribution in [0.25, 0.3) is 0 Å². The van der Waals surface area contributed by atoms with Gasteiger partial charge >= 0.3 is 0 Å². The van der Waals surface area contributed by atoms with Gasteiger partial charge in [0.15, 0.2) is 0 Å². The van der Waals surface area contributed by atoms with Crippen LogP contribution in [0.2, 0.25) is 0 Å². The normalized spacial score (nSPS) is 10.7. The summed E-state index contributed by atoms with van der Waals surface area (Å²) in [7, 11) is 0. The standard InChI is InChI=1S/C11H16BrNO2/c1-6-7(2)11(14)10(12)8(3)9(6)4-5-15-13/h14H,4-5,13H2,1-3H3. The van der Waals surface area contributed by atoms with Crippen LogP contribution in [0.5, 0.6) is 5.75 Å². The van der Waals surface area contributed by atoms with Gasteiger partial charge in [-0.3, -0.25) is 0 Å². The number of phenolic OH excluding ortho intramolecular Hbond substituents is 1. The van der Waals surface area contributed by atoms with Gasteiger partial charge in [0.1, 0.15) is 5.75 Å². The van der Waals surface area contributed by atoms with Crippen molar-refractivity contribution in [2.45, 2.75) is 27.2 Å². The average Bonchev–Trinajstić information content (AvgIpc) is 2.24. The van der Waals surface area contributed by atoms with E-state index in [4.69, 9.17) is 5.90 Å². The zero-order valence-corrected chi connectivity index (χ0v) is 10.8. The summed E-state index contributed by atoms with van der Waals surface area (Å²) >= 11 is 3.38. The second-order valence-corrected chi connectivity index (χ2v) is 4.43. The fraction of sp³-hybridized carbons (Fsp3) is 0.455. The molecule has 0 fully saturated rings. The van der Waals surface area contributed by atoms with Crippen LogP contribution in [0, 0.1) is 20.8 Å². The third-order valence-corrected chi connectivity index (χ3v) is 3.80. The van der Waals surface area contributed by atoms with Crippen LogP contribution in [0.3, 0.4) is 0 Å². The highest BCUT2D eigenvalue weighted by atomic mass is 79.9. The Morgan fingerprint density at radius 2 is 1.80 bits per heavy atom. The van der Waals surface area contributed by atoms with E-state index in [1.54, 1.807) is 0 Å². The van der Waals surface area contributed by atoms with E-state index in [0.717, 1.165) is 27.6 Å². The predicted octanol–water partition coefficient (Wildman–Crippen LogP) is 2.51. The fourth-order valence-corrected chi connectivity index (χ4v) is 2.23. The SMILES string of the molecule is Cc1c(C)c(CCON)c(C)c(Br)c1O. The van der Waals surface area contributed by atoms with Crippen LogP contribution in [0.15, 0.2) is 4.47 Å². The summed E-state index contributed by atoms with van der Waals surface area (Å²) in [6.45, 7) is 6.36. The molecule has 0 aliphatic rings. The van der Waals surface area contributed by atoms with Gasteiger partial charge in [-0.15, -0.1) is 0 Å². The number of nitrogens with two attached hydrogens (primary N) is 1. The quantitative estimate of drug-likeness (QED) is 0.833. The van der Waals surface area contributed by atoms with Gasteiger partial charge in [0.05, 0.1) is 11.1 Å². The third kappa shape index (κ3) is 2.33. The number of phenols is 1. The number of rotatable bonds is 3. The average molecular weight is 274 g/mol. The number of aromatic hydroxyl groups is 1. The van der Waals surface area contributed by atoms with Crippen LogP contribution in [0.4, 0.5) is 0 Å². The molecule has 0 atom stereocenters. The maximum atomic E-state index is 9.82. The van der Waals surface area contributed by atoms with Crippen LogP contribution in [-0.4, -0.2) is 11.7 Å². The minimum atomic E-state index is 0.322. The number of benzene rings is 1. The molecular weight excluding hydrogens is 258 g/mol. The Kier molecular flexibility index (Phi) is 4.13. The van der Waals surface area contributed by atoms with E-state index in [1.807, 2.05) is 20.8 Å². The topological polar surface area (TPSA) is 55.5 Å². The van der Waals surface area contributed by atoms with Crippen molar-refractivity contribution < 1.29 is 9.94 Å². The molecule has 0 amide bonds. The molecule has 3 nitrogen and oxygen atoms in total. The minimum absolute atomic E-state index is 0.322.